The molecular formula is C10H9ClO2S. The Bertz CT molecular complexity index is 464. The van der Waals surface area contributed by atoms with Crippen LogP contribution in [-0.4, -0.2) is 12.2 Å². The number of ether oxygens (including phenoxy) is 1. The maximum atomic E-state index is 9.13. The van der Waals surface area contributed by atoms with Crippen molar-refractivity contribution in [3.63, 3.8) is 0 Å². The van der Waals surface area contributed by atoms with E-state index >= 15 is 0 Å². The highest BCUT2D eigenvalue weighted by Crippen LogP contribution is 2.40. The molecule has 2 rings (SSSR count). The zero-order valence-corrected chi connectivity index (χ0v) is 9.15. The Hall–Kier alpha value is -0.770. The van der Waals surface area contributed by atoms with Crippen LogP contribution < -0.4 is 4.74 Å². The maximum Gasteiger partial charge on any atom is 0.143 e. The standard InChI is InChI=1S/C10H9ClO2S/c1-13-9-6-3-2-4-7(11)10(6)14-8(9)5-12/h2-4,12H,5H2,1H3. The van der Waals surface area contributed by atoms with Gasteiger partial charge >= 0.3 is 0 Å². The van der Waals surface area contributed by atoms with Crippen molar-refractivity contribution in [1.29, 1.82) is 0 Å². The van der Waals surface area contributed by atoms with Crippen molar-refractivity contribution in [2.45, 2.75) is 6.61 Å². The molecule has 14 heavy (non-hydrogen) atoms. The molecule has 0 saturated carbocycles. The van der Waals surface area contributed by atoms with Gasteiger partial charge in [-0.05, 0) is 12.1 Å². The van der Waals surface area contributed by atoms with Crippen molar-refractivity contribution >= 4 is 33.0 Å². The number of halogens is 1. The smallest absolute Gasteiger partial charge is 0.143 e. The van der Waals surface area contributed by atoms with E-state index in [-0.39, 0.29) is 6.61 Å². The fourth-order valence-corrected chi connectivity index (χ4v) is 2.76. The fraction of sp³-hybridized carbons (Fsp3) is 0.200. The number of aliphatic hydroxyl groups is 1. The summed E-state index contributed by atoms with van der Waals surface area (Å²) in [5, 5.41) is 10.8. The number of methoxy groups -OCH3 is 1. The Morgan fingerprint density at radius 3 is 2.93 bits per heavy atom. The van der Waals surface area contributed by atoms with Crippen LogP contribution in [-0.2, 0) is 6.61 Å². The van der Waals surface area contributed by atoms with Gasteiger partial charge in [0.1, 0.15) is 5.75 Å². The first kappa shape index (κ1) is 9.77. The molecule has 1 aromatic carbocycles. The van der Waals surface area contributed by atoms with Gasteiger partial charge in [-0.15, -0.1) is 11.3 Å². The third-order valence-corrected chi connectivity index (χ3v) is 3.67. The molecule has 0 saturated heterocycles. The summed E-state index contributed by atoms with van der Waals surface area (Å²) in [5.74, 6) is 0.731. The third-order valence-electron chi connectivity index (χ3n) is 2.04. The van der Waals surface area contributed by atoms with Gasteiger partial charge in [-0.1, -0.05) is 17.7 Å². The molecule has 0 aliphatic heterocycles. The first-order valence-electron chi connectivity index (χ1n) is 4.12. The summed E-state index contributed by atoms with van der Waals surface area (Å²) in [5.41, 5.74) is 0. The predicted octanol–water partition coefficient (Wildman–Crippen LogP) is 3.06. The molecule has 0 fully saturated rings. The highest BCUT2D eigenvalue weighted by atomic mass is 35.5. The fourth-order valence-electron chi connectivity index (χ4n) is 1.44. The highest BCUT2D eigenvalue weighted by molar-refractivity contribution is 7.20. The van der Waals surface area contributed by atoms with Gasteiger partial charge in [0, 0.05) is 5.39 Å². The predicted molar refractivity (Wildman–Crippen MR) is 59.3 cm³/mol. The van der Waals surface area contributed by atoms with Crippen LogP contribution in [0.15, 0.2) is 18.2 Å². The minimum atomic E-state index is -0.0150. The number of rotatable bonds is 2. The Morgan fingerprint density at radius 1 is 1.50 bits per heavy atom. The lowest BCUT2D eigenvalue weighted by Gasteiger charge is -1.99. The lowest BCUT2D eigenvalue weighted by Crippen LogP contribution is -1.85. The zero-order valence-electron chi connectivity index (χ0n) is 7.58. The van der Waals surface area contributed by atoms with Crippen LogP contribution in [0, 0.1) is 0 Å². The van der Waals surface area contributed by atoms with Crippen LogP contribution in [0.2, 0.25) is 5.02 Å². The van der Waals surface area contributed by atoms with E-state index in [0.717, 1.165) is 20.7 Å². The van der Waals surface area contributed by atoms with Crippen LogP contribution in [0.3, 0.4) is 0 Å². The topological polar surface area (TPSA) is 29.5 Å². The Morgan fingerprint density at radius 2 is 2.29 bits per heavy atom. The lowest BCUT2D eigenvalue weighted by molar-refractivity contribution is 0.278. The minimum absolute atomic E-state index is 0.0150. The summed E-state index contributed by atoms with van der Waals surface area (Å²) in [4.78, 5) is 0.815. The average Bonchev–Trinajstić information content (AvgIpc) is 2.57. The van der Waals surface area contributed by atoms with Gasteiger partial charge in [0.25, 0.3) is 0 Å². The number of thiophene rings is 1. The van der Waals surface area contributed by atoms with Crippen molar-refractivity contribution < 1.29 is 9.84 Å². The molecule has 1 heterocycles. The molecule has 1 aromatic heterocycles. The van der Waals surface area contributed by atoms with Gasteiger partial charge in [0.15, 0.2) is 0 Å². The SMILES string of the molecule is COc1c(CO)sc2c(Cl)cccc12. The highest BCUT2D eigenvalue weighted by Gasteiger charge is 2.13. The second kappa shape index (κ2) is 3.77. The number of benzene rings is 1. The molecule has 0 atom stereocenters. The van der Waals surface area contributed by atoms with Crippen molar-refractivity contribution in [3.8, 4) is 5.75 Å². The van der Waals surface area contributed by atoms with E-state index in [0.29, 0.717) is 5.02 Å². The number of hydrogen-bond acceptors (Lipinski definition) is 3. The van der Waals surface area contributed by atoms with E-state index in [4.69, 9.17) is 21.4 Å². The maximum absolute atomic E-state index is 9.13. The molecule has 4 heteroatoms. The van der Waals surface area contributed by atoms with E-state index in [1.807, 2.05) is 18.2 Å². The molecule has 0 aliphatic rings. The molecule has 1 N–H and O–H groups in total. The second-order valence-electron chi connectivity index (χ2n) is 2.83. The summed E-state index contributed by atoms with van der Waals surface area (Å²) in [7, 11) is 1.60. The van der Waals surface area contributed by atoms with Crippen molar-refractivity contribution in [1.82, 2.24) is 0 Å². The largest absolute Gasteiger partial charge is 0.495 e. The van der Waals surface area contributed by atoms with E-state index in [9.17, 15) is 0 Å². The molecule has 2 aromatic rings. The van der Waals surface area contributed by atoms with Gasteiger partial charge in [-0.25, -0.2) is 0 Å². The monoisotopic (exact) mass is 228 g/mol. The lowest BCUT2D eigenvalue weighted by atomic mass is 10.2. The molecule has 0 spiro atoms. The molecule has 0 bridgehead atoms. The van der Waals surface area contributed by atoms with Crippen LogP contribution in [0.4, 0.5) is 0 Å². The molecule has 0 unspecified atom stereocenters. The van der Waals surface area contributed by atoms with Crippen LogP contribution >= 0.6 is 22.9 Å². The van der Waals surface area contributed by atoms with Crippen LogP contribution in [0.5, 0.6) is 5.75 Å². The Kier molecular flexibility index (Phi) is 2.63. The first-order valence-corrected chi connectivity index (χ1v) is 5.32. The molecule has 2 nitrogen and oxygen atoms in total. The Balaban J connectivity index is 2.79. The summed E-state index contributed by atoms with van der Waals surface area (Å²) >= 11 is 7.50. The normalized spacial score (nSPS) is 10.8. The first-order chi connectivity index (χ1) is 6.77. The van der Waals surface area contributed by atoms with Gasteiger partial charge in [-0.3, -0.25) is 0 Å². The molecular weight excluding hydrogens is 220 g/mol. The van der Waals surface area contributed by atoms with Crippen molar-refractivity contribution in [2.24, 2.45) is 0 Å². The van der Waals surface area contributed by atoms with Gasteiger partial charge < -0.3 is 9.84 Å². The van der Waals surface area contributed by atoms with Gasteiger partial charge in [0.2, 0.25) is 0 Å². The van der Waals surface area contributed by atoms with Crippen molar-refractivity contribution in [2.75, 3.05) is 7.11 Å². The van der Waals surface area contributed by atoms with Crippen LogP contribution in [0.25, 0.3) is 10.1 Å². The summed E-state index contributed by atoms with van der Waals surface area (Å²) in [6, 6.07) is 5.65. The van der Waals surface area contributed by atoms with E-state index < -0.39 is 0 Å². The average molecular weight is 229 g/mol. The molecule has 0 amide bonds. The zero-order chi connectivity index (χ0) is 10.1. The van der Waals surface area contributed by atoms with Crippen molar-refractivity contribution in [3.05, 3.63) is 28.1 Å². The molecule has 0 aliphatic carbocycles. The summed E-state index contributed by atoms with van der Waals surface area (Å²) in [6.45, 7) is -0.0150. The minimum Gasteiger partial charge on any atom is -0.495 e. The number of fused-ring (bicyclic) bond motifs is 1. The quantitative estimate of drug-likeness (QED) is 0.856. The van der Waals surface area contributed by atoms with Gasteiger partial charge in [-0.2, -0.15) is 0 Å². The van der Waals surface area contributed by atoms with Crippen LogP contribution in [0.1, 0.15) is 4.88 Å². The van der Waals surface area contributed by atoms with E-state index in [1.165, 1.54) is 11.3 Å². The number of aliphatic hydroxyl groups excluding tert-OH is 1. The molecule has 0 radical (unpaired) electrons. The third kappa shape index (κ3) is 1.38. The summed E-state index contributed by atoms with van der Waals surface area (Å²) < 4.78 is 6.20. The van der Waals surface area contributed by atoms with E-state index in [1.54, 1.807) is 7.11 Å². The molecule has 74 valence electrons. The Labute approximate surface area is 90.7 Å². The number of hydrogen-bond donors (Lipinski definition) is 1. The second-order valence-corrected chi connectivity index (χ2v) is 4.35. The summed E-state index contributed by atoms with van der Waals surface area (Å²) in [6.07, 6.45) is 0. The van der Waals surface area contributed by atoms with Gasteiger partial charge in [0.05, 0.1) is 28.3 Å². The van der Waals surface area contributed by atoms with E-state index in [2.05, 4.69) is 0 Å².